The lowest BCUT2D eigenvalue weighted by molar-refractivity contribution is -0.137. The molecule has 118 valence electrons. The number of carboxylic acids is 1. The summed E-state index contributed by atoms with van der Waals surface area (Å²) in [6, 6.07) is 3.25. The summed E-state index contributed by atoms with van der Waals surface area (Å²) in [5, 5.41) is 13.1. The monoisotopic (exact) mass is 325 g/mol. The number of fused-ring (bicyclic) bond motifs is 1. The van der Waals surface area contributed by atoms with Gasteiger partial charge in [0.15, 0.2) is 5.65 Å². The fourth-order valence-corrected chi connectivity index (χ4v) is 2.23. The molecule has 0 bridgehead atoms. The van der Waals surface area contributed by atoms with Gasteiger partial charge in [-0.15, -0.1) is 0 Å². The number of hydrogen-bond acceptors (Lipinski definition) is 3. The number of halogens is 4. The van der Waals surface area contributed by atoms with Gasteiger partial charge in [0, 0.05) is 18.0 Å². The predicted octanol–water partition coefficient (Wildman–Crippen LogP) is 3.25. The first-order valence-corrected chi connectivity index (χ1v) is 6.23. The van der Waals surface area contributed by atoms with Crippen LogP contribution in [0.2, 0.25) is 0 Å². The van der Waals surface area contributed by atoms with E-state index >= 15 is 0 Å². The number of carboxylic acid groups (broad SMARTS) is 1. The Kier molecular flexibility index (Phi) is 3.28. The highest BCUT2D eigenvalue weighted by atomic mass is 19.4. The first kappa shape index (κ1) is 14.9. The molecule has 0 aliphatic heterocycles. The van der Waals surface area contributed by atoms with Crippen LogP contribution in [-0.4, -0.2) is 25.7 Å². The van der Waals surface area contributed by atoms with Gasteiger partial charge in [0.1, 0.15) is 17.1 Å². The normalized spacial score (nSPS) is 11.8. The Morgan fingerprint density at radius 3 is 2.65 bits per heavy atom. The zero-order chi connectivity index (χ0) is 16.8. The van der Waals surface area contributed by atoms with Crippen molar-refractivity contribution < 1.29 is 27.5 Å². The van der Waals surface area contributed by atoms with Gasteiger partial charge in [-0.25, -0.2) is 18.7 Å². The Hall–Kier alpha value is -2.97. The average Bonchev–Trinajstić information content (AvgIpc) is 2.85. The highest BCUT2D eigenvalue weighted by Gasteiger charge is 2.36. The van der Waals surface area contributed by atoms with E-state index in [2.05, 4.69) is 10.1 Å². The molecule has 0 unspecified atom stereocenters. The Balaban J connectivity index is 2.40. The van der Waals surface area contributed by atoms with Gasteiger partial charge in [0.05, 0.1) is 5.56 Å². The Morgan fingerprint density at radius 2 is 2.00 bits per heavy atom. The molecule has 0 amide bonds. The molecule has 0 fully saturated rings. The Morgan fingerprint density at radius 1 is 1.26 bits per heavy atom. The van der Waals surface area contributed by atoms with E-state index < -0.39 is 40.3 Å². The quantitative estimate of drug-likeness (QED) is 0.735. The van der Waals surface area contributed by atoms with E-state index in [1.165, 1.54) is 18.5 Å². The molecule has 2 aromatic heterocycles. The molecule has 5 nitrogen and oxygen atoms in total. The predicted molar refractivity (Wildman–Crippen MR) is 70.3 cm³/mol. The molecule has 23 heavy (non-hydrogen) atoms. The lowest BCUT2D eigenvalue weighted by Crippen LogP contribution is -2.09. The van der Waals surface area contributed by atoms with Crippen LogP contribution in [0.4, 0.5) is 17.6 Å². The number of hydrogen-bond donors (Lipinski definition) is 1. The first-order valence-electron chi connectivity index (χ1n) is 6.23. The number of aromatic carboxylic acids is 1. The summed E-state index contributed by atoms with van der Waals surface area (Å²) < 4.78 is 53.9. The molecule has 0 radical (unpaired) electrons. The van der Waals surface area contributed by atoms with Crippen LogP contribution < -0.4 is 0 Å². The van der Waals surface area contributed by atoms with Crippen molar-refractivity contribution in [1.29, 1.82) is 0 Å². The molecule has 1 N–H and O–H groups in total. The van der Waals surface area contributed by atoms with Gasteiger partial charge in [-0.2, -0.15) is 18.3 Å². The SMILES string of the molecule is O=C(O)c1c(-c2cc(F)ccc2C(F)(F)F)nn2cccnc12. The van der Waals surface area contributed by atoms with Gasteiger partial charge in [-0.1, -0.05) is 0 Å². The second kappa shape index (κ2) is 5.04. The minimum Gasteiger partial charge on any atom is -0.477 e. The third kappa shape index (κ3) is 2.50. The van der Waals surface area contributed by atoms with Crippen LogP contribution in [0, 0.1) is 5.82 Å². The molecule has 0 atom stereocenters. The molecule has 0 aliphatic carbocycles. The largest absolute Gasteiger partial charge is 0.477 e. The van der Waals surface area contributed by atoms with E-state index in [9.17, 15) is 27.5 Å². The maximum Gasteiger partial charge on any atom is 0.417 e. The van der Waals surface area contributed by atoms with Gasteiger partial charge >= 0.3 is 12.1 Å². The van der Waals surface area contributed by atoms with E-state index in [1.54, 1.807) is 0 Å². The van der Waals surface area contributed by atoms with E-state index in [4.69, 9.17) is 0 Å². The molecule has 0 saturated heterocycles. The smallest absolute Gasteiger partial charge is 0.417 e. The molecule has 0 spiro atoms. The molecule has 3 aromatic rings. The lowest BCUT2D eigenvalue weighted by Gasteiger charge is -2.11. The van der Waals surface area contributed by atoms with Crippen LogP contribution >= 0.6 is 0 Å². The van der Waals surface area contributed by atoms with Gasteiger partial charge in [-0.3, -0.25) is 0 Å². The second-order valence-corrected chi connectivity index (χ2v) is 4.60. The van der Waals surface area contributed by atoms with Gasteiger partial charge in [0.2, 0.25) is 0 Å². The van der Waals surface area contributed by atoms with Crippen LogP contribution in [0.1, 0.15) is 15.9 Å². The molecule has 1 aromatic carbocycles. The van der Waals surface area contributed by atoms with Crippen molar-refractivity contribution >= 4 is 11.6 Å². The number of alkyl halides is 3. The van der Waals surface area contributed by atoms with Crippen molar-refractivity contribution in [2.24, 2.45) is 0 Å². The fraction of sp³-hybridized carbons (Fsp3) is 0.0714. The number of rotatable bonds is 2. The molecule has 2 heterocycles. The summed E-state index contributed by atoms with van der Waals surface area (Å²) in [6.45, 7) is 0. The summed E-state index contributed by atoms with van der Waals surface area (Å²) >= 11 is 0. The standard InChI is InChI=1S/C14H7F4N3O2/c15-7-2-3-9(14(16,17)18)8(6-7)11-10(13(22)23)12-19-4-1-5-21(12)20-11/h1-6H,(H,22,23). The molecular weight excluding hydrogens is 318 g/mol. The lowest BCUT2D eigenvalue weighted by atomic mass is 10.0. The third-order valence-electron chi connectivity index (χ3n) is 3.15. The first-order chi connectivity index (χ1) is 10.8. The molecule has 9 heteroatoms. The number of benzene rings is 1. The van der Waals surface area contributed by atoms with Crippen LogP contribution in [-0.2, 0) is 6.18 Å². The van der Waals surface area contributed by atoms with E-state index in [-0.39, 0.29) is 5.65 Å². The third-order valence-corrected chi connectivity index (χ3v) is 3.15. The topological polar surface area (TPSA) is 67.5 Å². The minimum absolute atomic E-state index is 0.132. The zero-order valence-electron chi connectivity index (χ0n) is 11.2. The summed E-state index contributed by atoms with van der Waals surface area (Å²) in [7, 11) is 0. The summed E-state index contributed by atoms with van der Waals surface area (Å²) in [5.41, 5.74) is -2.98. The van der Waals surface area contributed by atoms with E-state index in [0.29, 0.717) is 18.2 Å². The van der Waals surface area contributed by atoms with Crippen LogP contribution in [0.5, 0.6) is 0 Å². The van der Waals surface area contributed by atoms with Crippen LogP contribution in [0.25, 0.3) is 16.9 Å². The summed E-state index contributed by atoms with van der Waals surface area (Å²) in [5.74, 6) is -2.44. The van der Waals surface area contributed by atoms with Crippen molar-refractivity contribution in [2.45, 2.75) is 6.18 Å². The maximum absolute atomic E-state index is 13.4. The van der Waals surface area contributed by atoms with Gasteiger partial charge < -0.3 is 5.11 Å². The van der Waals surface area contributed by atoms with Gasteiger partial charge in [-0.05, 0) is 24.3 Å². The molecule has 3 rings (SSSR count). The number of carbonyl (C=O) groups is 1. The number of aromatic nitrogens is 3. The highest BCUT2D eigenvalue weighted by Crippen LogP contribution is 2.38. The van der Waals surface area contributed by atoms with E-state index in [0.717, 1.165) is 4.52 Å². The van der Waals surface area contributed by atoms with Gasteiger partial charge in [0.25, 0.3) is 0 Å². The number of nitrogens with zero attached hydrogens (tertiary/aromatic N) is 3. The molecule has 0 aliphatic rings. The fourth-order valence-electron chi connectivity index (χ4n) is 2.23. The highest BCUT2D eigenvalue weighted by molar-refractivity contribution is 6.01. The summed E-state index contributed by atoms with van der Waals surface area (Å²) in [6.07, 6.45) is -2.17. The Bertz CT molecular complexity index is 918. The summed E-state index contributed by atoms with van der Waals surface area (Å²) in [4.78, 5) is 15.3. The van der Waals surface area contributed by atoms with Crippen molar-refractivity contribution in [3.63, 3.8) is 0 Å². The van der Waals surface area contributed by atoms with Crippen LogP contribution in [0.15, 0.2) is 36.7 Å². The minimum atomic E-state index is -4.79. The Labute approximate surface area is 125 Å². The second-order valence-electron chi connectivity index (χ2n) is 4.60. The van der Waals surface area contributed by atoms with Crippen molar-refractivity contribution in [3.8, 4) is 11.3 Å². The van der Waals surface area contributed by atoms with Crippen LogP contribution in [0.3, 0.4) is 0 Å². The van der Waals surface area contributed by atoms with E-state index in [1.807, 2.05) is 0 Å². The average molecular weight is 325 g/mol. The maximum atomic E-state index is 13.4. The zero-order valence-corrected chi connectivity index (χ0v) is 11.2. The van der Waals surface area contributed by atoms with Crippen molar-refractivity contribution in [1.82, 2.24) is 14.6 Å². The van der Waals surface area contributed by atoms with Crippen molar-refractivity contribution in [3.05, 3.63) is 53.6 Å². The molecule has 0 saturated carbocycles. The van der Waals surface area contributed by atoms with Crippen molar-refractivity contribution in [2.75, 3.05) is 0 Å². The molecular formula is C14H7F4N3O2.